The van der Waals surface area contributed by atoms with Crippen LogP contribution in [0.5, 0.6) is 0 Å². The summed E-state index contributed by atoms with van der Waals surface area (Å²) in [6.07, 6.45) is 3.69. The van der Waals surface area contributed by atoms with E-state index in [9.17, 15) is 14.0 Å². The average Bonchev–Trinajstić information content (AvgIpc) is 2.46. The van der Waals surface area contributed by atoms with Crippen LogP contribution < -0.4 is 5.43 Å². The molecular weight excluding hydrogens is 259 g/mol. The number of hydrogen-bond donors (Lipinski definition) is 1. The maximum atomic E-state index is 12.7. The van der Waals surface area contributed by atoms with E-state index in [0.717, 1.165) is 25.9 Å². The van der Waals surface area contributed by atoms with Crippen molar-refractivity contribution in [2.75, 3.05) is 13.1 Å². The SMILES string of the molecule is O=C(CCC(=O)c1ccc(F)cc1)NN1CCCCC1. The minimum atomic E-state index is -0.371. The standard InChI is InChI=1S/C15H19FN2O2/c16-13-6-4-12(5-7-13)14(19)8-9-15(20)17-18-10-2-1-3-11-18/h4-7H,1-3,8-11H2,(H,17,20). The van der Waals surface area contributed by atoms with E-state index in [1.165, 1.54) is 30.7 Å². The Kier molecular flexibility index (Phi) is 5.24. The largest absolute Gasteiger partial charge is 0.294 e. The van der Waals surface area contributed by atoms with E-state index in [-0.39, 0.29) is 30.3 Å². The minimum Gasteiger partial charge on any atom is -0.294 e. The lowest BCUT2D eigenvalue weighted by Gasteiger charge is -2.26. The third kappa shape index (κ3) is 4.42. The zero-order valence-electron chi connectivity index (χ0n) is 11.4. The van der Waals surface area contributed by atoms with Crippen molar-refractivity contribution < 1.29 is 14.0 Å². The molecule has 1 aromatic carbocycles. The predicted molar refractivity (Wildman–Crippen MR) is 73.5 cm³/mol. The Morgan fingerprint density at radius 3 is 2.35 bits per heavy atom. The Labute approximate surface area is 117 Å². The minimum absolute atomic E-state index is 0.137. The van der Waals surface area contributed by atoms with E-state index in [1.54, 1.807) is 0 Å². The summed E-state index contributed by atoms with van der Waals surface area (Å²) in [4.78, 5) is 23.6. The van der Waals surface area contributed by atoms with Crippen molar-refractivity contribution in [1.82, 2.24) is 10.4 Å². The summed E-state index contributed by atoms with van der Waals surface area (Å²) in [5.74, 6) is -0.648. The number of rotatable bonds is 5. The monoisotopic (exact) mass is 278 g/mol. The fourth-order valence-electron chi connectivity index (χ4n) is 2.25. The third-order valence-corrected chi connectivity index (χ3v) is 3.38. The van der Waals surface area contributed by atoms with Gasteiger partial charge in [-0.25, -0.2) is 9.40 Å². The van der Waals surface area contributed by atoms with Crippen LogP contribution in [0.25, 0.3) is 0 Å². The zero-order valence-corrected chi connectivity index (χ0v) is 11.4. The van der Waals surface area contributed by atoms with Crippen LogP contribution in [0.15, 0.2) is 24.3 Å². The number of nitrogens with one attached hydrogen (secondary N) is 1. The van der Waals surface area contributed by atoms with Crippen LogP contribution in [0.4, 0.5) is 4.39 Å². The van der Waals surface area contributed by atoms with Gasteiger partial charge in [-0.05, 0) is 37.1 Å². The van der Waals surface area contributed by atoms with Gasteiger partial charge in [0.15, 0.2) is 5.78 Å². The highest BCUT2D eigenvalue weighted by molar-refractivity contribution is 5.97. The molecule has 1 fully saturated rings. The molecule has 0 bridgehead atoms. The summed E-state index contributed by atoms with van der Waals surface area (Å²) in [5.41, 5.74) is 3.26. The second kappa shape index (κ2) is 7.14. The molecule has 0 spiro atoms. The summed E-state index contributed by atoms with van der Waals surface area (Å²) in [6.45, 7) is 1.75. The van der Waals surface area contributed by atoms with Crippen LogP contribution in [0.3, 0.4) is 0 Å². The second-order valence-electron chi connectivity index (χ2n) is 5.01. The number of Topliss-reactive ketones (excluding diaryl/α,β-unsaturated/α-hetero) is 1. The molecule has 1 amide bonds. The number of benzene rings is 1. The molecule has 108 valence electrons. The molecule has 1 saturated heterocycles. The Hall–Kier alpha value is -1.75. The van der Waals surface area contributed by atoms with Crippen molar-refractivity contribution in [3.8, 4) is 0 Å². The number of carbonyl (C=O) groups is 2. The number of nitrogens with zero attached hydrogens (tertiary/aromatic N) is 1. The van der Waals surface area contributed by atoms with Crippen LogP contribution in [-0.2, 0) is 4.79 Å². The van der Waals surface area contributed by atoms with E-state index in [4.69, 9.17) is 0 Å². The number of piperidine rings is 1. The highest BCUT2D eigenvalue weighted by Crippen LogP contribution is 2.09. The Morgan fingerprint density at radius 2 is 1.70 bits per heavy atom. The van der Waals surface area contributed by atoms with Gasteiger partial charge in [-0.3, -0.25) is 15.0 Å². The van der Waals surface area contributed by atoms with Crippen LogP contribution >= 0.6 is 0 Å². The van der Waals surface area contributed by atoms with Gasteiger partial charge in [0.05, 0.1) is 0 Å². The predicted octanol–water partition coefficient (Wildman–Crippen LogP) is 2.31. The molecule has 1 aromatic rings. The van der Waals surface area contributed by atoms with Gasteiger partial charge >= 0.3 is 0 Å². The Balaban J connectivity index is 1.75. The van der Waals surface area contributed by atoms with Crippen molar-refractivity contribution >= 4 is 11.7 Å². The van der Waals surface area contributed by atoms with Crippen molar-refractivity contribution in [3.05, 3.63) is 35.6 Å². The van der Waals surface area contributed by atoms with Gasteiger partial charge in [0.25, 0.3) is 0 Å². The van der Waals surface area contributed by atoms with Gasteiger partial charge in [0.1, 0.15) is 5.82 Å². The van der Waals surface area contributed by atoms with E-state index < -0.39 is 0 Å². The molecule has 0 atom stereocenters. The maximum Gasteiger partial charge on any atom is 0.234 e. The van der Waals surface area contributed by atoms with E-state index in [2.05, 4.69) is 5.43 Å². The molecule has 2 rings (SSSR count). The van der Waals surface area contributed by atoms with Crippen molar-refractivity contribution in [2.24, 2.45) is 0 Å². The normalized spacial score (nSPS) is 15.8. The van der Waals surface area contributed by atoms with Gasteiger partial charge in [0, 0.05) is 31.5 Å². The summed E-state index contributed by atoms with van der Waals surface area (Å²) < 4.78 is 12.7. The summed E-state index contributed by atoms with van der Waals surface area (Å²) >= 11 is 0. The topological polar surface area (TPSA) is 49.4 Å². The zero-order chi connectivity index (χ0) is 14.4. The van der Waals surface area contributed by atoms with Crippen LogP contribution in [0.2, 0.25) is 0 Å². The molecule has 4 nitrogen and oxygen atoms in total. The Morgan fingerprint density at radius 1 is 1.05 bits per heavy atom. The van der Waals surface area contributed by atoms with Crippen LogP contribution in [0, 0.1) is 5.82 Å². The smallest absolute Gasteiger partial charge is 0.234 e. The van der Waals surface area contributed by atoms with Gasteiger partial charge in [-0.15, -0.1) is 0 Å². The molecule has 0 unspecified atom stereocenters. The Bertz CT molecular complexity index is 467. The maximum absolute atomic E-state index is 12.7. The summed E-state index contributed by atoms with van der Waals surface area (Å²) in [7, 11) is 0. The number of amides is 1. The highest BCUT2D eigenvalue weighted by atomic mass is 19.1. The first-order chi connectivity index (χ1) is 9.65. The highest BCUT2D eigenvalue weighted by Gasteiger charge is 2.14. The fourth-order valence-corrected chi connectivity index (χ4v) is 2.25. The molecule has 5 heteroatoms. The van der Waals surface area contributed by atoms with Crippen molar-refractivity contribution in [3.63, 3.8) is 0 Å². The molecule has 0 aliphatic carbocycles. The fraction of sp³-hybridized carbons (Fsp3) is 0.467. The molecule has 1 N–H and O–H groups in total. The second-order valence-corrected chi connectivity index (χ2v) is 5.01. The first-order valence-corrected chi connectivity index (χ1v) is 6.98. The molecule has 20 heavy (non-hydrogen) atoms. The molecule has 0 aromatic heterocycles. The number of halogens is 1. The number of ketones is 1. The van der Waals surface area contributed by atoms with E-state index >= 15 is 0 Å². The van der Waals surface area contributed by atoms with E-state index in [1.807, 2.05) is 5.01 Å². The number of hydrogen-bond acceptors (Lipinski definition) is 3. The first kappa shape index (κ1) is 14.7. The lowest BCUT2D eigenvalue weighted by atomic mass is 10.1. The van der Waals surface area contributed by atoms with Crippen molar-refractivity contribution in [1.29, 1.82) is 0 Å². The molecule has 1 aliphatic heterocycles. The molecule has 0 saturated carbocycles. The van der Waals surface area contributed by atoms with Gasteiger partial charge in [-0.2, -0.15) is 0 Å². The first-order valence-electron chi connectivity index (χ1n) is 6.98. The van der Waals surface area contributed by atoms with E-state index in [0.29, 0.717) is 5.56 Å². The summed E-state index contributed by atoms with van der Waals surface area (Å²) in [5, 5.41) is 1.91. The molecule has 0 radical (unpaired) electrons. The average molecular weight is 278 g/mol. The van der Waals surface area contributed by atoms with Gasteiger partial charge < -0.3 is 0 Å². The lowest BCUT2D eigenvalue weighted by Crippen LogP contribution is -2.45. The van der Waals surface area contributed by atoms with Gasteiger partial charge in [0.2, 0.25) is 5.91 Å². The number of carbonyl (C=O) groups excluding carboxylic acids is 2. The molecular formula is C15H19FN2O2. The van der Waals surface area contributed by atoms with Crippen LogP contribution in [0.1, 0.15) is 42.5 Å². The summed E-state index contributed by atoms with van der Waals surface area (Å²) in [6, 6.07) is 5.39. The molecule has 1 heterocycles. The number of hydrazine groups is 1. The lowest BCUT2D eigenvalue weighted by molar-refractivity contribution is -0.126. The van der Waals surface area contributed by atoms with Gasteiger partial charge in [-0.1, -0.05) is 6.42 Å². The third-order valence-electron chi connectivity index (χ3n) is 3.38. The van der Waals surface area contributed by atoms with Crippen molar-refractivity contribution in [2.45, 2.75) is 32.1 Å². The molecule has 1 aliphatic rings. The quantitative estimate of drug-likeness (QED) is 0.841. The van der Waals surface area contributed by atoms with Crippen LogP contribution in [-0.4, -0.2) is 29.8 Å².